The maximum atomic E-state index is 5.31. The second-order valence-corrected chi connectivity index (χ2v) is 23.7. The Bertz CT molecular complexity index is 48.1. The van der Waals surface area contributed by atoms with Crippen molar-refractivity contribution < 1.29 is 1.41 Å². The molecule has 1 nitrogen and oxygen atoms in total. The summed E-state index contributed by atoms with van der Waals surface area (Å²) >= 11 is -4.66. The number of hydrogen-bond donors (Lipinski definition) is 0. The van der Waals surface area contributed by atoms with Crippen molar-refractivity contribution in [3.05, 3.63) is 0 Å². The predicted molar refractivity (Wildman–Crippen MR) is 36.0 cm³/mol. The number of rotatable bonds is 2. The van der Waals surface area contributed by atoms with Gasteiger partial charge < -0.3 is 0 Å². The number of halogens is 4. The summed E-state index contributed by atoms with van der Waals surface area (Å²) in [6, 6.07) is 0. The van der Waals surface area contributed by atoms with Crippen LogP contribution in [-0.4, -0.2) is 35.8 Å². The molecule has 0 N–H and O–H groups in total. The van der Waals surface area contributed by atoms with Gasteiger partial charge in [0.25, 0.3) is 0 Å². The van der Waals surface area contributed by atoms with Crippen LogP contribution in [0.2, 0.25) is 0 Å². The van der Waals surface area contributed by atoms with Gasteiger partial charge in [-0.15, -0.1) is 0 Å². The van der Waals surface area contributed by atoms with Gasteiger partial charge in [-0.05, 0) is 0 Å². The Kier molecular flexibility index (Phi) is 6.27. The van der Waals surface area contributed by atoms with Crippen molar-refractivity contribution in [3.8, 4) is 0 Å². The van der Waals surface area contributed by atoms with E-state index in [2.05, 4.69) is 1.41 Å². The molecule has 0 atom stereocenters. The summed E-state index contributed by atoms with van der Waals surface area (Å²) < 4.78 is 4.67. The summed E-state index contributed by atoms with van der Waals surface area (Å²) in [5.41, 5.74) is 0. The van der Waals surface area contributed by atoms with Crippen LogP contribution in [0, 0.1) is 0 Å². The molecule has 7 heteroatoms. The van der Waals surface area contributed by atoms with E-state index >= 15 is 0 Å². The Morgan fingerprint density at radius 1 is 1.29 bits per heavy atom. The molecular formula is Cl4OSn2. The van der Waals surface area contributed by atoms with E-state index in [1.54, 1.807) is 0 Å². The SMILES string of the molecule is [Cl][Sn][O][Sn]([Cl])([Cl])[Cl]. The van der Waals surface area contributed by atoms with Crippen molar-refractivity contribution >= 4 is 71.5 Å². The summed E-state index contributed by atoms with van der Waals surface area (Å²) in [5.74, 6) is 0. The van der Waals surface area contributed by atoms with Crippen LogP contribution in [0.15, 0.2) is 0 Å². The first-order valence-corrected chi connectivity index (χ1v) is 18.0. The second kappa shape index (κ2) is 4.52. The molecule has 7 heavy (non-hydrogen) atoms. The van der Waals surface area contributed by atoms with Crippen molar-refractivity contribution in [2.24, 2.45) is 0 Å². The molecule has 0 aromatic rings. The summed E-state index contributed by atoms with van der Waals surface area (Å²) in [6.45, 7) is 0. The van der Waals surface area contributed by atoms with Gasteiger partial charge >= 0.3 is 72.9 Å². The molecule has 0 rings (SSSR count). The molecule has 0 saturated carbocycles. The molecule has 0 aromatic carbocycles. The molecule has 0 amide bonds. The summed E-state index contributed by atoms with van der Waals surface area (Å²) in [6.07, 6.45) is 0. The van der Waals surface area contributed by atoms with Gasteiger partial charge in [0.2, 0.25) is 0 Å². The average Bonchev–Trinajstić information content (AvgIpc) is 1.30. The molecule has 0 saturated heterocycles. The van der Waals surface area contributed by atoms with Crippen molar-refractivity contribution in [2.75, 3.05) is 0 Å². The van der Waals surface area contributed by atoms with E-state index in [0.717, 1.165) is 0 Å². The third-order valence-electron chi connectivity index (χ3n) is 0.154. The molecule has 0 unspecified atom stereocenters. The molecule has 0 aliphatic heterocycles. The molecule has 0 bridgehead atoms. The van der Waals surface area contributed by atoms with Crippen LogP contribution in [0.4, 0.5) is 0 Å². The van der Waals surface area contributed by atoms with E-state index in [0.29, 0.717) is 0 Å². The Balaban J connectivity index is 3.15. The summed E-state index contributed by atoms with van der Waals surface area (Å²) in [4.78, 5) is 0. The molecule has 0 aliphatic carbocycles. The first-order chi connectivity index (χ1) is 3.06. The van der Waals surface area contributed by atoms with E-state index in [1.807, 2.05) is 0 Å². The molecule has 0 aliphatic rings. The topological polar surface area (TPSA) is 9.23 Å². The Morgan fingerprint density at radius 3 is 1.71 bits per heavy atom. The fourth-order valence-electron chi connectivity index (χ4n) is 0.0437. The van der Waals surface area contributed by atoms with Gasteiger partial charge in [-0.3, -0.25) is 0 Å². The van der Waals surface area contributed by atoms with Crippen molar-refractivity contribution in [1.82, 2.24) is 0 Å². The predicted octanol–water partition coefficient (Wildman–Crippen LogP) is 1.93. The monoisotopic (exact) mass is 396 g/mol. The van der Waals surface area contributed by atoms with Crippen molar-refractivity contribution in [2.45, 2.75) is 0 Å². The average molecular weight is 395 g/mol. The van der Waals surface area contributed by atoms with Crippen molar-refractivity contribution in [3.63, 3.8) is 0 Å². The van der Waals surface area contributed by atoms with Crippen LogP contribution in [0.3, 0.4) is 0 Å². The van der Waals surface area contributed by atoms with E-state index in [-0.39, 0.29) is 0 Å². The molecule has 42 valence electrons. The zero-order valence-electron chi connectivity index (χ0n) is 2.92. The number of hydrogen-bond acceptors (Lipinski definition) is 1. The Morgan fingerprint density at radius 2 is 1.71 bits per heavy atom. The molecule has 0 spiro atoms. The molecular weight excluding hydrogens is 395 g/mol. The van der Waals surface area contributed by atoms with Gasteiger partial charge in [-0.25, -0.2) is 0 Å². The second-order valence-electron chi connectivity index (χ2n) is 0.625. The van der Waals surface area contributed by atoms with Gasteiger partial charge in [0, 0.05) is 0 Å². The fraction of sp³-hybridized carbons (Fsp3) is 0. The van der Waals surface area contributed by atoms with Crippen LogP contribution in [-0.2, 0) is 1.41 Å². The van der Waals surface area contributed by atoms with Gasteiger partial charge in [-0.1, -0.05) is 0 Å². The Labute approximate surface area is 71.6 Å². The van der Waals surface area contributed by atoms with Gasteiger partial charge in [-0.2, -0.15) is 0 Å². The third-order valence-corrected chi connectivity index (χ3v) is 20.8. The standard InChI is InChI=1S/4ClH.O.2Sn/h4*1H;;;/q;;;;;+1;+3/p-4. The first kappa shape index (κ1) is 9.72. The Hall–Kier alpha value is 2.72. The summed E-state index contributed by atoms with van der Waals surface area (Å²) in [7, 11) is 21.2. The van der Waals surface area contributed by atoms with E-state index in [4.69, 9.17) is 35.7 Å². The van der Waals surface area contributed by atoms with E-state index < -0.39 is 35.8 Å². The van der Waals surface area contributed by atoms with Crippen LogP contribution < -0.4 is 0 Å². The van der Waals surface area contributed by atoms with Crippen LogP contribution in [0.5, 0.6) is 0 Å². The molecule has 0 heterocycles. The molecule has 2 radical (unpaired) electrons. The molecule has 0 fully saturated rings. The first-order valence-electron chi connectivity index (χ1n) is 1.16. The maximum absolute atomic E-state index is 5.31. The van der Waals surface area contributed by atoms with Gasteiger partial charge in [0.05, 0.1) is 0 Å². The minimum atomic E-state index is -3.42. The van der Waals surface area contributed by atoms with Gasteiger partial charge in [0.1, 0.15) is 0 Å². The van der Waals surface area contributed by atoms with Crippen LogP contribution >= 0.6 is 35.7 Å². The van der Waals surface area contributed by atoms with Crippen molar-refractivity contribution in [1.29, 1.82) is 0 Å². The van der Waals surface area contributed by atoms with E-state index in [9.17, 15) is 0 Å². The zero-order chi connectivity index (χ0) is 5.91. The van der Waals surface area contributed by atoms with E-state index in [1.165, 1.54) is 0 Å². The summed E-state index contributed by atoms with van der Waals surface area (Å²) in [5, 5.41) is 0. The fourth-order valence-corrected chi connectivity index (χ4v) is 17.7. The normalized spacial score (nSPS) is 12.0. The molecule has 0 aromatic heterocycles. The van der Waals surface area contributed by atoms with Gasteiger partial charge in [0.15, 0.2) is 0 Å². The van der Waals surface area contributed by atoms with Crippen LogP contribution in [0.25, 0.3) is 0 Å². The third kappa shape index (κ3) is 8.72. The minimum absolute atomic E-state index is 1.24. The zero-order valence-corrected chi connectivity index (χ0v) is 11.7. The van der Waals surface area contributed by atoms with Crippen LogP contribution in [0.1, 0.15) is 0 Å². The quantitative estimate of drug-likeness (QED) is 0.650.